The molecular formula is C12H12N2O3. The summed E-state index contributed by atoms with van der Waals surface area (Å²) in [7, 11) is 0. The molecule has 0 saturated heterocycles. The standard InChI is InChI=1S/C12H12N2O3/c13-7-5-8(6-7)17-14-11(15)9-3-1-2-4-10(9)12(14)16/h1-4,7-8H,5-6,13H2/t7-,8-. The first-order valence-electron chi connectivity index (χ1n) is 5.57. The van der Waals surface area contributed by atoms with E-state index in [1.165, 1.54) is 0 Å². The molecule has 2 amide bonds. The summed E-state index contributed by atoms with van der Waals surface area (Å²) in [5, 5.41) is 0.862. The van der Waals surface area contributed by atoms with Gasteiger partial charge < -0.3 is 5.73 Å². The smallest absolute Gasteiger partial charge is 0.285 e. The Balaban J connectivity index is 1.81. The zero-order valence-corrected chi connectivity index (χ0v) is 9.13. The maximum atomic E-state index is 11.9. The fourth-order valence-electron chi connectivity index (χ4n) is 2.10. The van der Waals surface area contributed by atoms with Crippen molar-refractivity contribution in [3.8, 4) is 0 Å². The molecule has 1 heterocycles. The van der Waals surface area contributed by atoms with Crippen LogP contribution in [0.15, 0.2) is 24.3 Å². The largest absolute Gasteiger partial charge is 0.328 e. The van der Waals surface area contributed by atoms with E-state index in [0.717, 1.165) is 5.06 Å². The lowest BCUT2D eigenvalue weighted by atomic mass is 9.90. The molecular weight excluding hydrogens is 220 g/mol. The van der Waals surface area contributed by atoms with E-state index in [0.29, 0.717) is 24.0 Å². The zero-order valence-electron chi connectivity index (χ0n) is 9.13. The lowest BCUT2D eigenvalue weighted by Gasteiger charge is -2.33. The highest BCUT2D eigenvalue weighted by Crippen LogP contribution is 2.28. The van der Waals surface area contributed by atoms with Gasteiger partial charge in [0.05, 0.1) is 17.2 Å². The van der Waals surface area contributed by atoms with Crippen LogP contribution < -0.4 is 5.73 Å². The minimum atomic E-state index is -0.383. The van der Waals surface area contributed by atoms with Crippen LogP contribution in [0.3, 0.4) is 0 Å². The molecule has 0 aromatic heterocycles. The predicted molar refractivity (Wildman–Crippen MR) is 59.0 cm³/mol. The van der Waals surface area contributed by atoms with Crippen LogP contribution in [0.5, 0.6) is 0 Å². The van der Waals surface area contributed by atoms with Crippen molar-refractivity contribution in [2.75, 3.05) is 0 Å². The Morgan fingerprint density at radius 3 is 2.12 bits per heavy atom. The van der Waals surface area contributed by atoms with Crippen LogP contribution in [0, 0.1) is 0 Å². The number of imide groups is 1. The molecule has 1 aliphatic carbocycles. The van der Waals surface area contributed by atoms with Gasteiger partial charge in [-0.2, -0.15) is 0 Å². The molecule has 5 heteroatoms. The number of hydrogen-bond acceptors (Lipinski definition) is 4. The molecule has 1 aromatic carbocycles. The van der Waals surface area contributed by atoms with E-state index in [-0.39, 0.29) is 24.0 Å². The highest BCUT2D eigenvalue weighted by Gasteiger charge is 2.40. The maximum absolute atomic E-state index is 11.9. The van der Waals surface area contributed by atoms with E-state index in [9.17, 15) is 9.59 Å². The van der Waals surface area contributed by atoms with Crippen molar-refractivity contribution in [3.05, 3.63) is 35.4 Å². The maximum Gasteiger partial charge on any atom is 0.285 e. The summed E-state index contributed by atoms with van der Waals surface area (Å²) in [6, 6.07) is 6.84. The summed E-state index contributed by atoms with van der Waals surface area (Å²) < 4.78 is 0. The molecule has 1 aliphatic heterocycles. The summed E-state index contributed by atoms with van der Waals surface area (Å²) in [6.07, 6.45) is 1.26. The minimum Gasteiger partial charge on any atom is -0.328 e. The number of benzene rings is 1. The molecule has 0 spiro atoms. The van der Waals surface area contributed by atoms with Gasteiger partial charge in [-0.15, -0.1) is 5.06 Å². The molecule has 2 N–H and O–H groups in total. The molecule has 0 unspecified atom stereocenters. The Hall–Kier alpha value is -1.72. The number of fused-ring (bicyclic) bond motifs is 1. The molecule has 2 aliphatic rings. The molecule has 1 saturated carbocycles. The minimum absolute atomic E-state index is 0.118. The second kappa shape index (κ2) is 3.65. The fraction of sp³-hybridized carbons (Fsp3) is 0.333. The Labute approximate surface area is 98.1 Å². The van der Waals surface area contributed by atoms with Crippen LogP contribution in [0.4, 0.5) is 0 Å². The number of nitrogens with zero attached hydrogens (tertiary/aromatic N) is 1. The van der Waals surface area contributed by atoms with Crippen molar-refractivity contribution in [3.63, 3.8) is 0 Å². The molecule has 5 nitrogen and oxygen atoms in total. The van der Waals surface area contributed by atoms with E-state index in [1.54, 1.807) is 24.3 Å². The van der Waals surface area contributed by atoms with Crippen LogP contribution >= 0.6 is 0 Å². The van der Waals surface area contributed by atoms with E-state index >= 15 is 0 Å². The van der Waals surface area contributed by atoms with Gasteiger partial charge in [0.2, 0.25) is 0 Å². The predicted octanol–water partition coefficient (Wildman–Crippen LogP) is 0.704. The van der Waals surface area contributed by atoms with E-state index in [2.05, 4.69) is 0 Å². The second-order valence-electron chi connectivity index (χ2n) is 4.41. The molecule has 0 bridgehead atoms. The quantitative estimate of drug-likeness (QED) is 0.762. The first-order valence-corrected chi connectivity index (χ1v) is 5.57. The van der Waals surface area contributed by atoms with Gasteiger partial charge in [0.15, 0.2) is 0 Å². The van der Waals surface area contributed by atoms with Gasteiger partial charge in [0.25, 0.3) is 11.8 Å². The summed E-state index contributed by atoms with van der Waals surface area (Å²) in [4.78, 5) is 29.2. The molecule has 0 atom stereocenters. The van der Waals surface area contributed by atoms with Crippen molar-refractivity contribution in [1.29, 1.82) is 0 Å². The van der Waals surface area contributed by atoms with Gasteiger partial charge in [-0.25, -0.2) is 0 Å². The number of hydrogen-bond donors (Lipinski definition) is 1. The summed E-state index contributed by atoms with van der Waals surface area (Å²) in [5.74, 6) is -0.767. The van der Waals surface area contributed by atoms with Crippen molar-refractivity contribution < 1.29 is 14.4 Å². The lowest BCUT2D eigenvalue weighted by molar-refractivity contribution is -0.158. The molecule has 1 fully saturated rings. The van der Waals surface area contributed by atoms with Crippen LogP contribution in [0.1, 0.15) is 33.6 Å². The highest BCUT2D eigenvalue weighted by molar-refractivity contribution is 6.20. The van der Waals surface area contributed by atoms with Crippen molar-refractivity contribution >= 4 is 11.8 Å². The number of rotatable bonds is 2. The van der Waals surface area contributed by atoms with E-state index < -0.39 is 0 Å². The van der Waals surface area contributed by atoms with Gasteiger partial charge >= 0.3 is 0 Å². The van der Waals surface area contributed by atoms with Crippen molar-refractivity contribution in [2.45, 2.75) is 25.0 Å². The normalized spacial score (nSPS) is 27.0. The summed E-state index contributed by atoms with van der Waals surface area (Å²) in [6.45, 7) is 0. The average Bonchev–Trinajstić information content (AvgIpc) is 2.53. The average molecular weight is 232 g/mol. The number of hydroxylamine groups is 2. The van der Waals surface area contributed by atoms with Crippen LogP contribution in [-0.2, 0) is 4.84 Å². The second-order valence-corrected chi connectivity index (χ2v) is 4.41. The Kier molecular flexibility index (Phi) is 2.24. The number of nitrogens with two attached hydrogens (primary N) is 1. The monoisotopic (exact) mass is 232 g/mol. The first-order chi connectivity index (χ1) is 8.16. The van der Waals surface area contributed by atoms with Crippen molar-refractivity contribution in [2.24, 2.45) is 5.73 Å². The van der Waals surface area contributed by atoms with Gasteiger partial charge in [0.1, 0.15) is 0 Å². The topological polar surface area (TPSA) is 72.6 Å². The third-order valence-corrected chi connectivity index (χ3v) is 3.14. The van der Waals surface area contributed by atoms with E-state index in [1.807, 2.05) is 0 Å². The fourth-order valence-corrected chi connectivity index (χ4v) is 2.10. The molecule has 0 radical (unpaired) electrons. The lowest BCUT2D eigenvalue weighted by Crippen LogP contribution is -2.46. The highest BCUT2D eigenvalue weighted by atomic mass is 16.7. The van der Waals surface area contributed by atoms with Gasteiger partial charge in [0, 0.05) is 6.04 Å². The Morgan fingerprint density at radius 2 is 1.65 bits per heavy atom. The van der Waals surface area contributed by atoms with Gasteiger partial charge in [-0.05, 0) is 25.0 Å². The SMILES string of the molecule is N[C@H]1C[C@H](ON2C(=O)c3ccccc3C2=O)C1. The summed E-state index contributed by atoms with van der Waals surface area (Å²) in [5.41, 5.74) is 6.44. The van der Waals surface area contributed by atoms with Crippen LogP contribution in [0.25, 0.3) is 0 Å². The van der Waals surface area contributed by atoms with E-state index in [4.69, 9.17) is 10.6 Å². The zero-order chi connectivity index (χ0) is 12.0. The molecule has 17 heavy (non-hydrogen) atoms. The number of amides is 2. The Bertz CT molecular complexity index is 459. The number of carbonyl (C=O) groups excluding carboxylic acids is 2. The van der Waals surface area contributed by atoms with Gasteiger partial charge in [-0.1, -0.05) is 12.1 Å². The van der Waals surface area contributed by atoms with Crippen LogP contribution in [-0.4, -0.2) is 29.0 Å². The third-order valence-electron chi connectivity index (χ3n) is 3.14. The van der Waals surface area contributed by atoms with Gasteiger partial charge in [-0.3, -0.25) is 14.4 Å². The molecule has 88 valence electrons. The Morgan fingerprint density at radius 1 is 1.12 bits per heavy atom. The summed E-state index contributed by atoms with van der Waals surface area (Å²) >= 11 is 0. The number of carbonyl (C=O) groups is 2. The van der Waals surface area contributed by atoms with Crippen molar-refractivity contribution in [1.82, 2.24) is 5.06 Å². The third kappa shape index (κ3) is 1.55. The molecule has 1 aromatic rings. The van der Waals surface area contributed by atoms with Crippen LogP contribution in [0.2, 0.25) is 0 Å². The first kappa shape index (κ1) is 10.4. The molecule has 3 rings (SSSR count).